The van der Waals surface area contributed by atoms with E-state index in [0.29, 0.717) is 16.7 Å². The highest BCUT2D eigenvalue weighted by Crippen LogP contribution is 2.29. The third-order valence-corrected chi connectivity index (χ3v) is 2.99. The fraction of sp³-hybridized carbons (Fsp3) is 0.200. The van der Waals surface area contributed by atoms with Crippen molar-refractivity contribution in [3.8, 4) is 11.5 Å². The molecule has 0 unspecified atom stereocenters. The molecule has 21 heavy (non-hydrogen) atoms. The lowest BCUT2D eigenvalue weighted by molar-refractivity contribution is 0.395. The molecule has 0 aliphatic heterocycles. The Balaban J connectivity index is 2.09. The lowest BCUT2D eigenvalue weighted by Gasteiger charge is -2.14. The summed E-state index contributed by atoms with van der Waals surface area (Å²) in [6.07, 6.45) is 0. The molecule has 0 atom stereocenters. The molecule has 0 fully saturated rings. The summed E-state index contributed by atoms with van der Waals surface area (Å²) in [5, 5.41) is 6.56. The van der Waals surface area contributed by atoms with Crippen LogP contribution >= 0.6 is 12.2 Å². The molecule has 0 aliphatic rings. The van der Waals surface area contributed by atoms with Crippen LogP contribution in [-0.4, -0.2) is 24.3 Å². The summed E-state index contributed by atoms with van der Waals surface area (Å²) in [5.74, 6) is 2.06. The van der Waals surface area contributed by atoms with Crippen LogP contribution in [0, 0.1) is 6.92 Å². The molecule has 1 heterocycles. The molecule has 2 aromatic rings. The number of ether oxygens (including phenoxy) is 2. The number of pyridine rings is 1. The van der Waals surface area contributed by atoms with Crippen LogP contribution in [0.4, 0.5) is 11.5 Å². The van der Waals surface area contributed by atoms with Gasteiger partial charge in [-0.3, -0.25) is 0 Å². The average molecular weight is 303 g/mol. The Labute approximate surface area is 129 Å². The number of methoxy groups -OCH3 is 2. The molecular weight excluding hydrogens is 286 g/mol. The number of anilines is 2. The van der Waals surface area contributed by atoms with Gasteiger partial charge in [0.1, 0.15) is 17.3 Å². The minimum absolute atomic E-state index is 0.441. The van der Waals surface area contributed by atoms with Crippen LogP contribution in [0.15, 0.2) is 36.4 Å². The molecule has 2 rings (SSSR count). The number of rotatable bonds is 4. The first-order valence-electron chi connectivity index (χ1n) is 6.36. The largest absolute Gasteiger partial charge is 0.497 e. The highest BCUT2D eigenvalue weighted by Gasteiger charge is 2.07. The van der Waals surface area contributed by atoms with Crippen LogP contribution in [0.5, 0.6) is 11.5 Å². The van der Waals surface area contributed by atoms with Crippen molar-refractivity contribution in [2.75, 3.05) is 24.9 Å². The molecule has 1 aromatic heterocycles. The average Bonchev–Trinajstić information content (AvgIpc) is 2.47. The summed E-state index contributed by atoms with van der Waals surface area (Å²) in [7, 11) is 3.20. The monoisotopic (exact) mass is 303 g/mol. The van der Waals surface area contributed by atoms with Gasteiger partial charge >= 0.3 is 0 Å². The number of thiocarbonyl (C=S) groups is 1. The van der Waals surface area contributed by atoms with Gasteiger partial charge in [0.05, 0.1) is 19.9 Å². The number of benzene rings is 1. The van der Waals surface area contributed by atoms with Crippen molar-refractivity contribution < 1.29 is 9.47 Å². The molecule has 5 nitrogen and oxygen atoms in total. The Morgan fingerprint density at radius 2 is 1.90 bits per heavy atom. The second kappa shape index (κ2) is 6.90. The van der Waals surface area contributed by atoms with E-state index in [4.69, 9.17) is 21.7 Å². The zero-order chi connectivity index (χ0) is 15.2. The van der Waals surface area contributed by atoms with E-state index in [1.165, 1.54) is 0 Å². The number of aryl methyl sites for hydroxylation is 1. The van der Waals surface area contributed by atoms with Crippen molar-refractivity contribution in [3.63, 3.8) is 0 Å². The van der Waals surface area contributed by atoms with Crippen LogP contribution in [0.2, 0.25) is 0 Å². The van der Waals surface area contributed by atoms with Crippen LogP contribution in [0.3, 0.4) is 0 Å². The first-order chi connectivity index (χ1) is 10.1. The predicted octanol–water partition coefficient (Wildman–Crippen LogP) is 3.22. The lowest BCUT2D eigenvalue weighted by atomic mass is 10.2. The molecule has 2 N–H and O–H groups in total. The van der Waals surface area contributed by atoms with Gasteiger partial charge in [-0.05, 0) is 43.4 Å². The van der Waals surface area contributed by atoms with Gasteiger partial charge in [0.15, 0.2) is 5.11 Å². The van der Waals surface area contributed by atoms with Crippen LogP contribution in [-0.2, 0) is 0 Å². The molecule has 1 aromatic carbocycles. The number of nitrogens with one attached hydrogen (secondary N) is 2. The summed E-state index contributed by atoms with van der Waals surface area (Å²) in [6, 6.07) is 11.2. The van der Waals surface area contributed by atoms with Crippen molar-refractivity contribution >= 4 is 28.8 Å². The first-order valence-corrected chi connectivity index (χ1v) is 6.77. The number of hydrogen-bond donors (Lipinski definition) is 2. The van der Waals surface area contributed by atoms with E-state index in [0.717, 1.165) is 17.1 Å². The van der Waals surface area contributed by atoms with E-state index in [1.54, 1.807) is 20.3 Å². The Morgan fingerprint density at radius 3 is 2.57 bits per heavy atom. The quantitative estimate of drug-likeness (QED) is 0.846. The molecule has 0 saturated carbocycles. The van der Waals surface area contributed by atoms with Crippen LogP contribution in [0.25, 0.3) is 0 Å². The first kappa shape index (κ1) is 15.1. The van der Waals surface area contributed by atoms with E-state index < -0.39 is 0 Å². The molecule has 0 saturated heterocycles. The smallest absolute Gasteiger partial charge is 0.176 e. The Bertz CT molecular complexity index is 647. The maximum absolute atomic E-state index is 5.31. The maximum Gasteiger partial charge on any atom is 0.176 e. The van der Waals surface area contributed by atoms with Gasteiger partial charge in [-0.2, -0.15) is 0 Å². The van der Waals surface area contributed by atoms with Gasteiger partial charge in [0.25, 0.3) is 0 Å². The highest BCUT2D eigenvalue weighted by atomic mass is 32.1. The van der Waals surface area contributed by atoms with Gasteiger partial charge in [0, 0.05) is 11.8 Å². The predicted molar refractivity (Wildman–Crippen MR) is 88.4 cm³/mol. The second-order valence-electron chi connectivity index (χ2n) is 4.31. The maximum atomic E-state index is 5.31. The number of aromatic nitrogens is 1. The highest BCUT2D eigenvalue weighted by molar-refractivity contribution is 7.80. The van der Waals surface area contributed by atoms with Gasteiger partial charge < -0.3 is 20.1 Å². The van der Waals surface area contributed by atoms with E-state index in [9.17, 15) is 0 Å². The van der Waals surface area contributed by atoms with Crippen molar-refractivity contribution in [3.05, 3.63) is 42.1 Å². The molecule has 0 spiro atoms. The normalized spacial score (nSPS) is 9.86. The minimum Gasteiger partial charge on any atom is -0.497 e. The van der Waals surface area contributed by atoms with Crippen molar-refractivity contribution in [1.82, 2.24) is 4.98 Å². The summed E-state index contributed by atoms with van der Waals surface area (Å²) < 4.78 is 10.5. The molecule has 0 bridgehead atoms. The van der Waals surface area contributed by atoms with Crippen molar-refractivity contribution in [1.29, 1.82) is 0 Å². The SMILES string of the molecule is COc1ccc(NC(=S)Nc2cccc(C)n2)c(OC)c1. The molecule has 0 amide bonds. The zero-order valence-corrected chi connectivity index (χ0v) is 13.0. The minimum atomic E-state index is 0.441. The summed E-state index contributed by atoms with van der Waals surface area (Å²) in [5.41, 5.74) is 1.67. The van der Waals surface area contributed by atoms with E-state index in [1.807, 2.05) is 37.3 Å². The Morgan fingerprint density at radius 1 is 1.10 bits per heavy atom. The number of nitrogens with zero attached hydrogens (tertiary/aromatic N) is 1. The molecule has 6 heteroatoms. The third-order valence-electron chi connectivity index (χ3n) is 2.79. The summed E-state index contributed by atoms with van der Waals surface area (Å²) >= 11 is 5.28. The molecular formula is C15H17N3O2S. The lowest BCUT2D eigenvalue weighted by Crippen LogP contribution is -2.20. The van der Waals surface area contributed by atoms with E-state index in [-0.39, 0.29) is 0 Å². The van der Waals surface area contributed by atoms with Gasteiger partial charge in [-0.15, -0.1) is 0 Å². The van der Waals surface area contributed by atoms with Crippen LogP contribution in [0.1, 0.15) is 5.69 Å². The van der Waals surface area contributed by atoms with Gasteiger partial charge in [0.2, 0.25) is 0 Å². The third kappa shape index (κ3) is 4.06. The summed E-state index contributed by atoms with van der Waals surface area (Å²) in [6.45, 7) is 1.92. The topological polar surface area (TPSA) is 55.4 Å². The molecule has 0 radical (unpaired) electrons. The molecule has 110 valence electrons. The van der Waals surface area contributed by atoms with Gasteiger partial charge in [-0.25, -0.2) is 4.98 Å². The standard InChI is InChI=1S/C15H17N3O2S/c1-10-5-4-6-14(16-10)18-15(21)17-12-8-7-11(19-2)9-13(12)20-3/h4-9H,1-3H3,(H2,16,17,18,21). The van der Waals surface area contributed by atoms with Crippen molar-refractivity contribution in [2.24, 2.45) is 0 Å². The van der Waals surface area contributed by atoms with Gasteiger partial charge in [-0.1, -0.05) is 6.07 Å². The van der Waals surface area contributed by atoms with E-state index in [2.05, 4.69) is 15.6 Å². The zero-order valence-electron chi connectivity index (χ0n) is 12.1. The van der Waals surface area contributed by atoms with Crippen molar-refractivity contribution in [2.45, 2.75) is 6.92 Å². The fourth-order valence-electron chi connectivity index (χ4n) is 1.78. The molecule has 0 aliphatic carbocycles. The summed E-state index contributed by atoms with van der Waals surface area (Å²) in [4.78, 5) is 4.33. The fourth-order valence-corrected chi connectivity index (χ4v) is 2.00. The number of hydrogen-bond acceptors (Lipinski definition) is 4. The van der Waals surface area contributed by atoms with Crippen LogP contribution < -0.4 is 20.1 Å². The second-order valence-corrected chi connectivity index (χ2v) is 4.72. The Hall–Kier alpha value is -2.34. The Kier molecular flexibility index (Phi) is 4.94. The van der Waals surface area contributed by atoms with E-state index >= 15 is 0 Å².